The molecule has 0 spiro atoms. The number of amides is 6. The van der Waals surface area contributed by atoms with Crippen LogP contribution in [0.3, 0.4) is 0 Å². The van der Waals surface area contributed by atoms with Gasteiger partial charge in [0, 0.05) is 28.2 Å². The molecule has 0 unspecified atom stereocenters. The van der Waals surface area contributed by atoms with Crippen LogP contribution in [0.25, 0.3) is 0 Å². The van der Waals surface area contributed by atoms with Gasteiger partial charge in [-0.2, -0.15) is 0 Å². The molecule has 0 saturated carbocycles. The molecule has 1 heterocycles. The molecule has 0 aromatic carbocycles. The summed E-state index contributed by atoms with van der Waals surface area (Å²) in [6.45, 7) is 0. The van der Waals surface area contributed by atoms with Gasteiger partial charge >= 0.3 is 18.1 Å². The van der Waals surface area contributed by atoms with Gasteiger partial charge in [-0.15, -0.1) is 0 Å². The summed E-state index contributed by atoms with van der Waals surface area (Å²) in [5.74, 6) is 0. The smallest absolute Gasteiger partial charge is 0.318 e. The third-order valence-corrected chi connectivity index (χ3v) is 2.28. The minimum atomic E-state index is -0.698. The van der Waals surface area contributed by atoms with E-state index in [0.29, 0.717) is 0 Å². The van der Waals surface area contributed by atoms with Gasteiger partial charge in [-0.25, -0.2) is 14.4 Å². The summed E-state index contributed by atoms with van der Waals surface area (Å²) < 4.78 is 0. The van der Waals surface area contributed by atoms with Crippen LogP contribution in [0, 0.1) is 0 Å². The highest BCUT2D eigenvalue weighted by molar-refractivity contribution is 5.82. The van der Waals surface area contributed by atoms with Crippen molar-refractivity contribution in [3.63, 3.8) is 0 Å². The van der Waals surface area contributed by atoms with Crippen molar-refractivity contribution in [1.82, 2.24) is 31.1 Å². The lowest BCUT2D eigenvalue weighted by atomic mass is 10.4. The Morgan fingerprint density at radius 3 is 1.56 bits per heavy atom. The van der Waals surface area contributed by atoms with Gasteiger partial charge in [-0.1, -0.05) is 0 Å². The van der Waals surface area contributed by atoms with Crippen molar-refractivity contribution >= 4 is 18.1 Å². The maximum Gasteiger partial charge on any atom is 0.318 e. The summed E-state index contributed by atoms with van der Waals surface area (Å²) in [6.07, 6.45) is -1.40. The summed E-state index contributed by atoms with van der Waals surface area (Å²) in [7, 11) is 6.31. The Balaban J connectivity index is 2.62. The molecule has 1 aliphatic rings. The second-order valence-electron chi connectivity index (χ2n) is 4.26. The lowest BCUT2D eigenvalue weighted by Crippen LogP contribution is -2.58. The number of hydrogen-bond acceptors (Lipinski definition) is 3. The second kappa shape index (κ2) is 5.43. The van der Waals surface area contributed by atoms with E-state index in [1.54, 1.807) is 28.2 Å². The van der Waals surface area contributed by atoms with Crippen molar-refractivity contribution in [3.05, 3.63) is 0 Å². The summed E-state index contributed by atoms with van der Waals surface area (Å²) in [5.41, 5.74) is 0. The molecule has 0 aromatic rings. The van der Waals surface area contributed by atoms with Gasteiger partial charge in [0.05, 0.1) is 0 Å². The molecule has 0 aromatic heterocycles. The van der Waals surface area contributed by atoms with Crippen LogP contribution in [0.1, 0.15) is 0 Å². The van der Waals surface area contributed by atoms with Crippen molar-refractivity contribution in [1.29, 1.82) is 0 Å². The van der Waals surface area contributed by atoms with E-state index in [4.69, 9.17) is 0 Å². The molecule has 9 heteroatoms. The number of urea groups is 3. The Bertz CT molecular complexity index is 324. The van der Waals surface area contributed by atoms with Gasteiger partial charge in [0.15, 0.2) is 0 Å². The lowest BCUT2D eigenvalue weighted by Gasteiger charge is -2.24. The zero-order valence-electron chi connectivity index (χ0n) is 10.8. The van der Waals surface area contributed by atoms with Crippen LogP contribution in [0.15, 0.2) is 0 Å². The van der Waals surface area contributed by atoms with Gasteiger partial charge in [-0.3, -0.25) is 0 Å². The first-order valence-corrected chi connectivity index (χ1v) is 5.34. The largest absolute Gasteiger partial charge is 0.331 e. The van der Waals surface area contributed by atoms with E-state index < -0.39 is 18.4 Å². The first kappa shape index (κ1) is 13.9. The summed E-state index contributed by atoms with van der Waals surface area (Å²) in [6, 6.07) is -1.19. The number of carbonyl (C=O) groups excluding carboxylic acids is 3. The highest BCUT2D eigenvalue weighted by Gasteiger charge is 2.34. The lowest BCUT2D eigenvalue weighted by molar-refractivity contribution is 0.199. The van der Waals surface area contributed by atoms with Gasteiger partial charge in [-0.05, 0) is 0 Å². The maximum atomic E-state index is 11.5. The predicted octanol–water partition coefficient (Wildman–Crippen LogP) is -1.51. The van der Waals surface area contributed by atoms with Crippen LogP contribution in [0.4, 0.5) is 14.4 Å². The van der Waals surface area contributed by atoms with E-state index in [1.165, 1.54) is 9.80 Å². The molecule has 1 saturated heterocycles. The molecular formula is C9H18N6O3. The van der Waals surface area contributed by atoms with Crippen molar-refractivity contribution in [2.45, 2.75) is 12.3 Å². The number of hydrogen-bond donors (Lipinski definition) is 4. The summed E-state index contributed by atoms with van der Waals surface area (Å²) in [4.78, 5) is 36.8. The molecule has 9 nitrogen and oxygen atoms in total. The molecule has 1 aliphatic heterocycles. The van der Waals surface area contributed by atoms with Crippen LogP contribution < -0.4 is 21.3 Å². The van der Waals surface area contributed by atoms with Gasteiger partial charge in [0.25, 0.3) is 0 Å². The van der Waals surface area contributed by atoms with E-state index >= 15 is 0 Å². The molecule has 1 fully saturated rings. The molecule has 0 radical (unpaired) electrons. The van der Waals surface area contributed by atoms with Crippen LogP contribution in [-0.2, 0) is 0 Å². The Morgan fingerprint density at radius 2 is 1.28 bits per heavy atom. The Morgan fingerprint density at radius 1 is 0.944 bits per heavy atom. The molecule has 102 valence electrons. The zero-order valence-corrected chi connectivity index (χ0v) is 10.8. The second-order valence-corrected chi connectivity index (χ2v) is 4.26. The molecule has 0 bridgehead atoms. The first-order chi connectivity index (χ1) is 8.31. The molecule has 2 atom stereocenters. The van der Waals surface area contributed by atoms with Crippen molar-refractivity contribution in [2.75, 3.05) is 28.2 Å². The number of nitrogens with one attached hydrogen (secondary N) is 4. The molecule has 0 aliphatic carbocycles. The van der Waals surface area contributed by atoms with Crippen LogP contribution in [0.5, 0.6) is 0 Å². The Labute approximate surface area is 105 Å². The molecule has 1 rings (SSSR count). The van der Waals surface area contributed by atoms with E-state index in [-0.39, 0.29) is 12.1 Å². The standard InChI is InChI=1S/C9H18N6O3/c1-14(2)8(17)12-5-6(11-7(16)10-5)13-9(18)15(3)4/h5-6H,1-4H3,(H,12,17)(H,13,18)(H2,10,11,16)/t5-,6-/m0/s1. The van der Waals surface area contributed by atoms with Crippen LogP contribution in [0.2, 0.25) is 0 Å². The molecular weight excluding hydrogens is 240 g/mol. The number of carbonyl (C=O) groups is 3. The summed E-state index contributed by atoms with van der Waals surface area (Å²) in [5, 5.41) is 10.1. The van der Waals surface area contributed by atoms with Crippen LogP contribution >= 0.6 is 0 Å². The zero-order chi connectivity index (χ0) is 13.9. The number of rotatable bonds is 2. The van der Waals surface area contributed by atoms with Gasteiger partial charge in [0.1, 0.15) is 12.3 Å². The normalized spacial score (nSPS) is 21.7. The average molecular weight is 258 g/mol. The van der Waals surface area contributed by atoms with E-state index in [1.807, 2.05) is 0 Å². The van der Waals surface area contributed by atoms with E-state index in [9.17, 15) is 14.4 Å². The topological polar surface area (TPSA) is 106 Å². The minimum absolute atomic E-state index is 0.367. The third-order valence-electron chi connectivity index (χ3n) is 2.28. The SMILES string of the molecule is CN(C)C(=O)N[C@@H]1NC(=O)N[C@H]1NC(=O)N(C)C. The Hall–Kier alpha value is -2.19. The predicted molar refractivity (Wildman–Crippen MR) is 63.7 cm³/mol. The highest BCUT2D eigenvalue weighted by Crippen LogP contribution is 1.97. The Kier molecular flexibility index (Phi) is 4.18. The third kappa shape index (κ3) is 3.40. The minimum Gasteiger partial charge on any atom is -0.331 e. The van der Waals surface area contributed by atoms with Crippen molar-refractivity contribution in [3.8, 4) is 0 Å². The van der Waals surface area contributed by atoms with Crippen molar-refractivity contribution < 1.29 is 14.4 Å². The van der Waals surface area contributed by atoms with Gasteiger partial charge < -0.3 is 31.1 Å². The van der Waals surface area contributed by atoms with Crippen molar-refractivity contribution in [2.24, 2.45) is 0 Å². The fourth-order valence-electron chi connectivity index (χ4n) is 1.25. The average Bonchev–Trinajstić information content (AvgIpc) is 2.58. The summed E-state index contributed by atoms with van der Waals surface area (Å²) >= 11 is 0. The maximum absolute atomic E-state index is 11.5. The van der Waals surface area contributed by atoms with Gasteiger partial charge in [0.2, 0.25) is 0 Å². The quantitative estimate of drug-likeness (QED) is 0.484. The fourth-order valence-corrected chi connectivity index (χ4v) is 1.25. The fraction of sp³-hybridized carbons (Fsp3) is 0.667. The first-order valence-electron chi connectivity index (χ1n) is 5.34. The molecule has 18 heavy (non-hydrogen) atoms. The van der Waals surface area contributed by atoms with E-state index in [2.05, 4.69) is 21.3 Å². The monoisotopic (exact) mass is 258 g/mol. The number of nitrogens with zero attached hydrogens (tertiary/aromatic N) is 2. The van der Waals surface area contributed by atoms with Crippen LogP contribution in [-0.4, -0.2) is 68.4 Å². The highest BCUT2D eigenvalue weighted by atomic mass is 16.2. The molecule has 4 N–H and O–H groups in total. The van der Waals surface area contributed by atoms with E-state index in [0.717, 1.165) is 0 Å². The molecule has 6 amide bonds.